The molecule has 4 heteroatoms. The van der Waals surface area contributed by atoms with E-state index in [9.17, 15) is 0 Å². The zero-order chi connectivity index (χ0) is 9.52. The van der Waals surface area contributed by atoms with Gasteiger partial charge in [-0.3, -0.25) is 4.90 Å². The molecule has 0 aromatic heterocycles. The van der Waals surface area contributed by atoms with E-state index in [0.717, 1.165) is 39.5 Å². The van der Waals surface area contributed by atoms with Crippen LogP contribution in [0.5, 0.6) is 0 Å². The maximum absolute atomic E-state index is 5.18. The van der Waals surface area contributed by atoms with Gasteiger partial charge in [-0.15, -0.1) is 0 Å². The minimum Gasteiger partial charge on any atom is -0.383 e. The Morgan fingerprint density at radius 1 is 1.23 bits per heavy atom. The molecule has 1 rings (SSSR count). The second-order valence-electron chi connectivity index (χ2n) is 3.24. The van der Waals surface area contributed by atoms with Crippen molar-refractivity contribution in [2.24, 2.45) is 0 Å². The van der Waals surface area contributed by atoms with Gasteiger partial charge in [0.2, 0.25) is 0 Å². The topological polar surface area (TPSA) is 34.2 Å². The molecular weight excluding hydrogens is 170 g/mol. The van der Waals surface area contributed by atoms with E-state index in [1.165, 1.54) is 0 Å². The number of rotatable bonds is 8. The summed E-state index contributed by atoms with van der Waals surface area (Å²) in [5.74, 6) is 0. The predicted octanol–water partition coefficient (Wildman–Crippen LogP) is -0.0200. The van der Waals surface area contributed by atoms with Crippen molar-refractivity contribution in [3.8, 4) is 0 Å². The lowest BCUT2D eigenvalue weighted by Crippen LogP contribution is -2.33. The Bertz CT molecular complexity index is 120. The summed E-state index contributed by atoms with van der Waals surface area (Å²) in [6, 6.07) is 0. The first kappa shape index (κ1) is 10.9. The molecule has 0 spiro atoms. The van der Waals surface area contributed by atoms with E-state index in [1.54, 1.807) is 14.2 Å². The molecule has 1 aliphatic rings. The van der Waals surface area contributed by atoms with Crippen LogP contribution in [0.3, 0.4) is 0 Å². The van der Waals surface area contributed by atoms with Crippen LogP contribution in [0, 0.1) is 0 Å². The molecule has 0 saturated carbocycles. The van der Waals surface area contributed by atoms with E-state index in [-0.39, 0.29) is 0 Å². The van der Waals surface area contributed by atoms with Gasteiger partial charge in [-0.2, -0.15) is 0 Å². The molecule has 4 nitrogen and oxygen atoms in total. The van der Waals surface area contributed by atoms with Crippen molar-refractivity contribution in [2.45, 2.75) is 6.10 Å². The molecule has 0 bridgehead atoms. The lowest BCUT2D eigenvalue weighted by molar-refractivity contribution is 0.109. The van der Waals surface area contributed by atoms with E-state index < -0.39 is 0 Å². The highest BCUT2D eigenvalue weighted by Crippen LogP contribution is 2.10. The first-order chi connectivity index (χ1) is 6.36. The SMILES string of the molecule is COCCN(CCOC)C[C@H]1CO1. The maximum atomic E-state index is 5.18. The summed E-state index contributed by atoms with van der Waals surface area (Å²) in [7, 11) is 3.45. The molecule has 0 aromatic rings. The van der Waals surface area contributed by atoms with Crippen molar-refractivity contribution < 1.29 is 14.2 Å². The Hall–Kier alpha value is -0.160. The molecular formula is C9H19NO3. The number of hydrogen-bond acceptors (Lipinski definition) is 4. The Kier molecular flexibility index (Phi) is 5.31. The molecule has 1 fully saturated rings. The molecule has 0 aliphatic carbocycles. The molecule has 0 amide bonds. The Morgan fingerprint density at radius 3 is 2.15 bits per heavy atom. The summed E-state index contributed by atoms with van der Waals surface area (Å²) in [6.45, 7) is 5.38. The van der Waals surface area contributed by atoms with E-state index in [4.69, 9.17) is 14.2 Å². The average Bonchev–Trinajstić information content (AvgIpc) is 2.93. The molecule has 1 aliphatic heterocycles. The van der Waals surface area contributed by atoms with Crippen LogP contribution >= 0.6 is 0 Å². The number of epoxide rings is 1. The van der Waals surface area contributed by atoms with Gasteiger partial charge in [-0.05, 0) is 0 Å². The Morgan fingerprint density at radius 2 is 1.77 bits per heavy atom. The van der Waals surface area contributed by atoms with Crippen LogP contribution in [0.15, 0.2) is 0 Å². The van der Waals surface area contributed by atoms with Crippen molar-refractivity contribution in [2.75, 3.05) is 53.7 Å². The quantitative estimate of drug-likeness (QED) is 0.503. The molecule has 1 heterocycles. The third kappa shape index (κ3) is 5.21. The van der Waals surface area contributed by atoms with Crippen LogP contribution in [-0.4, -0.2) is 64.7 Å². The van der Waals surface area contributed by atoms with Crippen molar-refractivity contribution in [3.63, 3.8) is 0 Å². The molecule has 0 radical (unpaired) electrons. The second-order valence-corrected chi connectivity index (χ2v) is 3.24. The molecule has 78 valence electrons. The second kappa shape index (κ2) is 6.32. The normalized spacial score (nSPS) is 21.0. The summed E-state index contributed by atoms with van der Waals surface area (Å²) in [4.78, 5) is 2.31. The maximum Gasteiger partial charge on any atom is 0.0936 e. The van der Waals surface area contributed by atoms with E-state index in [0.29, 0.717) is 6.10 Å². The van der Waals surface area contributed by atoms with E-state index >= 15 is 0 Å². The molecule has 1 atom stereocenters. The highest BCUT2D eigenvalue weighted by atomic mass is 16.6. The first-order valence-corrected chi connectivity index (χ1v) is 4.68. The summed E-state index contributed by atoms with van der Waals surface area (Å²) < 4.78 is 15.2. The summed E-state index contributed by atoms with van der Waals surface area (Å²) in [5, 5.41) is 0. The van der Waals surface area contributed by atoms with Crippen molar-refractivity contribution in [3.05, 3.63) is 0 Å². The third-order valence-electron chi connectivity index (χ3n) is 2.09. The zero-order valence-electron chi connectivity index (χ0n) is 8.49. The lowest BCUT2D eigenvalue weighted by atomic mass is 10.4. The van der Waals surface area contributed by atoms with Crippen LogP contribution in [0.25, 0.3) is 0 Å². The van der Waals surface area contributed by atoms with Gasteiger partial charge in [0.05, 0.1) is 25.9 Å². The van der Waals surface area contributed by atoms with Crippen molar-refractivity contribution in [1.29, 1.82) is 0 Å². The number of nitrogens with zero attached hydrogens (tertiary/aromatic N) is 1. The van der Waals surface area contributed by atoms with Gasteiger partial charge in [-0.25, -0.2) is 0 Å². The minimum absolute atomic E-state index is 0.453. The van der Waals surface area contributed by atoms with Crippen LogP contribution in [0.1, 0.15) is 0 Å². The fourth-order valence-electron chi connectivity index (χ4n) is 1.20. The van der Waals surface area contributed by atoms with Crippen LogP contribution < -0.4 is 0 Å². The largest absolute Gasteiger partial charge is 0.383 e. The molecule has 13 heavy (non-hydrogen) atoms. The summed E-state index contributed by atoms with van der Waals surface area (Å²) in [6.07, 6.45) is 0.453. The average molecular weight is 189 g/mol. The van der Waals surface area contributed by atoms with Gasteiger partial charge < -0.3 is 14.2 Å². The predicted molar refractivity (Wildman–Crippen MR) is 49.9 cm³/mol. The van der Waals surface area contributed by atoms with Gasteiger partial charge in [0.1, 0.15) is 0 Å². The monoisotopic (exact) mass is 189 g/mol. The Labute approximate surface area is 79.8 Å². The Balaban J connectivity index is 2.08. The van der Waals surface area contributed by atoms with Crippen molar-refractivity contribution >= 4 is 0 Å². The van der Waals surface area contributed by atoms with Gasteiger partial charge in [0.15, 0.2) is 0 Å². The summed E-state index contributed by atoms with van der Waals surface area (Å²) in [5.41, 5.74) is 0. The van der Waals surface area contributed by atoms with Crippen molar-refractivity contribution in [1.82, 2.24) is 4.90 Å². The molecule has 0 unspecified atom stereocenters. The number of ether oxygens (including phenoxy) is 3. The van der Waals surface area contributed by atoms with E-state index in [2.05, 4.69) is 4.90 Å². The molecule has 1 saturated heterocycles. The standard InChI is InChI=1S/C9H19NO3/c1-11-5-3-10(4-6-12-2)7-9-8-13-9/h9H,3-8H2,1-2H3/t9-/m0/s1. The van der Waals surface area contributed by atoms with Gasteiger partial charge in [-0.1, -0.05) is 0 Å². The lowest BCUT2D eigenvalue weighted by Gasteiger charge is -2.20. The van der Waals surface area contributed by atoms with E-state index in [1.807, 2.05) is 0 Å². The third-order valence-corrected chi connectivity index (χ3v) is 2.09. The van der Waals surface area contributed by atoms with Gasteiger partial charge in [0.25, 0.3) is 0 Å². The number of methoxy groups -OCH3 is 2. The zero-order valence-corrected chi connectivity index (χ0v) is 8.49. The summed E-state index contributed by atoms with van der Waals surface area (Å²) >= 11 is 0. The minimum atomic E-state index is 0.453. The van der Waals surface area contributed by atoms with Crippen LogP contribution in [-0.2, 0) is 14.2 Å². The number of hydrogen-bond donors (Lipinski definition) is 0. The first-order valence-electron chi connectivity index (χ1n) is 4.68. The van der Waals surface area contributed by atoms with Gasteiger partial charge >= 0.3 is 0 Å². The van der Waals surface area contributed by atoms with Crippen LogP contribution in [0.2, 0.25) is 0 Å². The van der Waals surface area contributed by atoms with Gasteiger partial charge in [0, 0.05) is 33.9 Å². The highest BCUT2D eigenvalue weighted by Gasteiger charge is 2.24. The molecule has 0 N–H and O–H groups in total. The molecule has 0 aromatic carbocycles. The van der Waals surface area contributed by atoms with Crippen LogP contribution in [0.4, 0.5) is 0 Å². The fraction of sp³-hybridized carbons (Fsp3) is 1.00. The highest BCUT2D eigenvalue weighted by molar-refractivity contribution is 4.74. The fourth-order valence-corrected chi connectivity index (χ4v) is 1.20. The smallest absolute Gasteiger partial charge is 0.0936 e.